The molecule has 5 rings (SSSR count). The van der Waals surface area contributed by atoms with Crippen molar-refractivity contribution >= 4 is 10.9 Å². The summed E-state index contributed by atoms with van der Waals surface area (Å²) in [6.07, 6.45) is 1.44. The molecule has 2 nitrogen and oxygen atoms in total. The van der Waals surface area contributed by atoms with E-state index in [-0.39, 0.29) is 5.82 Å². The Morgan fingerprint density at radius 3 is 2.24 bits per heavy atom. The number of rotatable bonds is 6. The van der Waals surface area contributed by atoms with E-state index in [1.807, 2.05) is 12.1 Å². The van der Waals surface area contributed by atoms with Crippen LogP contribution in [0.2, 0.25) is 0 Å². The van der Waals surface area contributed by atoms with Crippen LogP contribution in [-0.4, -0.2) is 12.1 Å². The lowest BCUT2D eigenvalue weighted by Gasteiger charge is -2.13. The lowest BCUT2D eigenvalue weighted by atomic mass is 9.95. The normalized spacial score (nSPS) is 11.0. The first-order chi connectivity index (χ1) is 16.2. The van der Waals surface area contributed by atoms with E-state index in [0.29, 0.717) is 12.2 Å². The minimum absolute atomic E-state index is 0.307. The van der Waals surface area contributed by atoms with E-state index < -0.39 is 0 Å². The lowest BCUT2D eigenvalue weighted by Crippen LogP contribution is -1.99. The summed E-state index contributed by atoms with van der Waals surface area (Å²) in [6.45, 7) is 0. The highest BCUT2D eigenvalue weighted by atomic mass is 19.1. The second-order valence-corrected chi connectivity index (χ2v) is 8.17. The number of methoxy groups -OCH3 is 1. The molecule has 0 saturated carbocycles. The quantitative estimate of drug-likeness (QED) is 0.282. The van der Waals surface area contributed by atoms with Crippen molar-refractivity contribution in [2.75, 3.05) is 7.11 Å². The fraction of sp³-hybridized carbons (Fsp3) is 0.100. The van der Waals surface area contributed by atoms with Gasteiger partial charge in [-0.1, -0.05) is 72.8 Å². The summed E-state index contributed by atoms with van der Waals surface area (Å²) in [5.74, 6) is 0.231. The molecule has 0 fully saturated rings. The molecule has 162 valence electrons. The van der Waals surface area contributed by atoms with Gasteiger partial charge in [0.2, 0.25) is 0 Å². The van der Waals surface area contributed by atoms with Crippen molar-refractivity contribution in [3.8, 4) is 16.9 Å². The number of ether oxygens (including phenoxy) is 1. The van der Waals surface area contributed by atoms with E-state index in [1.165, 1.54) is 23.3 Å². The van der Waals surface area contributed by atoms with Gasteiger partial charge in [0.05, 0.1) is 12.6 Å². The Bertz CT molecular complexity index is 1400. The van der Waals surface area contributed by atoms with Gasteiger partial charge in [0.1, 0.15) is 11.6 Å². The van der Waals surface area contributed by atoms with Crippen LogP contribution in [0.15, 0.2) is 103 Å². The number of pyridine rings is 1. The van der Waals surface area contributed by atoms with Crippen LogP contribution in [0.25, 0.3) is 22.0 Å². The average Bonchev–Trinajstić information content (AvgIpc) is 2.86. The molecule has 0 spiro atoms. The molecule has 0 N–H and O–H groups in total. The van der Waals surface area contributed by atoms with Crippen molar-refractivity contribution < 1.29 is 9.13 Å². The molecular formula is C30H24FNO. The molecule has 5 aromatic rings. The number of hydrogen-bond acceptors (Lipinski definition) is 2. The molecule has 0 radical (unpaired) electrons. The van der Waals surface area contributed by atoms with E-state index >= 15 is 0 Å². The minimum atomic E-state index is -0.307. The van der Waals surface area contributed by atoms with Crippen LogP contribution in [0.5, 0.6) is 5.75 Å². The molecule has 0 aliphatic heterocycles. The zero-order valence-corrected chi connectivity index (χ0v) is 18.5. The maximum absolute atomic E-state index is 13.7. The smallest absolute Gasteiger partial charge is 0.126 e. The van der Waals surface area contributed by atoms with Gasteiger partial charge in [0, 0.05) is 29.1 Å². The molecule has 0 unspecified atom stereocenters. The third kappa shape index (κ3) is 4.63. The molecule has 4 aromatic carbocycles. The standard InChI is InChI=1S/C30H24FNO/c1-33-30-19-25(31)14-13-24(30)18-26-20-27(23-10-6-3-7-11-23)28-17-22(12-15-29(28)32-26)16-21-8-4-2-5-9-21/h2-15,17,19-20H,16,18H2,1H3. The monoisotopic (exact) mass is 433 g/mol. The first-order valence-corrected chi connectivity index (χ1v) is 11.0. The molecule has 0 atom stereocenters. The second kappa shape index (κ2) is 9.25. The van der Waals surface area contributed by atoms with Gasteiger partial charge in [0.15, 0.2) is 0 Å². The summed E-state index contributed by atoms with van der Waals surface area (Å²) in [4.78, 5) is 4.95. The number of halogens is 1. The van der Waals surface area contributed by atoms with E-state index in [4.69, 9.17) is 9.72 Å². The van der Waals surface area contributed by atoms with Gasteiger partial charge in [-0.2, -0.15) is 0 Å². The SMILES string of the molecule is COc1cc(F)ccc1Cc1cc(-c2ccccc2)c2cc(Cc3ccccc3)ccc2n1. The number of fused-ring (bicyclic) bond motifs is 1. The van der Waals surface area contributed by atoms with Crippen LogP contribution in [-0.2, 0) is 12.8 Å². The van der Waals surface area contributed by atoms with E-state index in [0.717, 1.165) is 39.7 Å². The molecular weight excluding hydrogens is 409 g/mol. The van der Waals surface area contributed by atoms with Gasteiger partial charge in [-0.05, 0) is 52.9 Å². The van der Waals surface area contributed by atoms with Gasteiger partial charge in [-0.25, -0.2) is 4.39 Å². The van der Waals surface area contributed by atoms with E-state index in [1.54, 1.807) is 13.2 Å². The van der Waals surface area contributed by atoms with Gasteiger partial charge < -0.3 is 4.74 Å². The number of nitrogens with zero attached hydrogens (tertiary/aromatic N) is 1. The molecule has 0 amide bonds. The average molecular weight is 434 g/mol. The van der Waals surface area contributed by atoms with Gasteiger partial charge in [0.25, 0.3) is 0 Å². The summed E-state index contributed by atoms with van der Waals surface area (Å²) in [5, 5.41) is 1.13. The van der Waals surface area contributed by atoms with Gasteiger partial charge in [-0.3, -0.25) is 4.98 Å². The van der Waals surface area contributed by atoms with Crippen LogP contribution >= 0.6 is 0 Å². The maximum atomic E-state index is 13.7. The van der Waals surface area contributed by atoms with Crippen molar-refractivity contribution in [3.63, 3.8) is 0 Å². The van der Waals surface area contributed by atoms with Crippen molar-refractivity contribution in [3.05, 3.63) is 131 Å². The Morgan fingerprint density at radius 2 is 1.48 bits per heavy atom. The molecule has 1 aromatic heterocycles. The number of hydrogen-bond donors (Lipinski definition) is 0. The largest absolute Gasteiger partial charge is 0.496 e. The molecule has 0 saturated heterocycles. The molecule has 0 bridgehead atoms. The van der Waals surface area contributed by atoms with Crippen LogP contribution in [0.1, 0.15) is 22.4 Å². The summed E-state index contributed by atoms with van der Waals surface area (Å²) in [6, 6.07) is 34.2. The third-order valence-corrected chi connectivity index (χ3v) is 5.88. The first-order valence-electron chi connectivity index (χ1n) is 11.0. The van der Waals surface area contributed by atoms with Crippen molar-refractivity contribution in [1.82, 2.24) is 4.98 Å². The van der Waals surface area contributed by atoms with Crippen LogP contribution in [0.3, 0.4) is 0 Å². The Balaban J connectivity index is 1.60. The second-order valence-electron chi connectivity index (χ2n) is 8.17. The molecule has 3 heteroatoms. The van der Waals surface area contributed by atoms with Crippen LogP contribution in [0.4, 0.5) is 4.39 Å². The highest BCUT2D eigenvalue weighted by molar-refractivity contribution is 5.95. The summed E-state index contributed by atoms with van der Waals surface area (Å²) in [5.41, 5.74) is 7.60. The van der Waals surface area contributed by atoms with E-state index in [9.17, 15) is 4.39 Å². The van der Waals surface area contributed by atoms with Gasteiger partial charge >= 0.3 is 0 Å². The zero-order chi connectivity index (χ0) is 22.6. The maximum Gasteiger partial charge on any atom is 0.126 e. The fourth-order valence-corrected chi connectivity index (χ4v) is 4.28. The fourth-order valence-electron chi connectivity index (χ4n) is 4.28. The molecule has 33 heavy (non-hydrogen) atoms. The predicted octanol–water partition coefficient (Wildman–Crippen LogP) is 7.23. The topological polar surface area (TPSA) is 22.1 Å². The Labute approximate surface area is 193 Å². The molecule has 0 aliphatic rings. The van der Waals surface area contributed by atoms with Gasteiger partial charge in [-0.15, -0.1) is 0 Å². The minimum Gasteiger partial charge on any atom is -0.496 e. The predicted molar refractivity (Wildman–Crippen MR) is 132 cm³/mol. The van der Waals surface area contributed by atoms with Crippen LogP contribution in [0, 0.1) is 5.82 Å². The van der Waals surface area contributed by atoms with E-state index in [2.05, 4.69) is 72.8 Å². The highest BCUT2D eigenvalue weighted by Gasteiger charge is 2.12. The first kappa shape index (κ1) is 20.9. The molecule has 1 heterocycles. The lowest BCUT2D eigenvalue weighted by molar-refractivity contribution is 0.407. The molecule has 0 aliphatic carbocycles. The summed E-state index contributed by atoms with van der Waals surface area (Å²) in [7, 11) is 1.57. The number of aromatic nitrogens is 1. The van der Waals surface area contributed by atoms with Crippen LogP contribution < -0.4 is 4.74 Å². The Morgan fingerprint density at radius 1 is 0.727 bits per heavy atom. The van der Waals surface area contributed by atoms with Crippen molar-refractivity contribution in [1.29, 1.82) is 0 Å². The van der Waals surface area contributed by atoms with Crippen molar-refractivity contribution in [2.45, 2.75) is 12.8 Å². The third-order valence-electron chi connectivity index (χ3n) is 5.88. The van der Waals surface area contributed by atoms with Crippen molar-refractivity contribution in [2.24, 2.45) is 0 Å². The Kier molecular flexibility index (Phi) is 5.86. The summed E-state index contributed by atoms with van der Waals surface area (Å²) < 4.78 is 19.1. The Hall–Kier alpha value is -3.98. The highest BCUT2D eigenvalue weighted by Crippen LogP contribution is 2.31. The zero-order valence-electron chi connectivity index (χ0n) is 18.5. The summed E-state index contributed by atoms with van der Waals surface area (Å²) >= 11 is 0. The number of benzene rings is 4.